The highest BCUT2D eigenvalue weighted by atomic mass is 16.5. The van der Waals surface area contributed by atoms with E-state index in [0.717, 1.165) is 16.9 Å². The molecule has 0 saturated heterocycles. The lowest BCUT2D eigenvalue weighted by Gasteiger charge is -2.09. The molecule has 0 spiro atoms. The monoisotopic (exact) mass is 244 g/mol. The molecule has 0 bridgehead atoms. The first-order valence-corrected chi connectivity index (χ1v) is 5.75. The zero-order valence-electron chi connectivity index (χ0n) is 10.5. The molecule has 0 fully saturated rings. The van der Waals surface area contributed by atoms with Crippen molar-refractivity contribution in [2.75, 3.05) is 7.11 Å². The van der Waals surface area contributed by atoms with E-state index in [1.54, 1.807) is 26.2 Å². The van der Waals surface area contributed by atoms with E-state index in [0.29, 0.717) is 12.0 Å². The fraction of sp³-hybridized carbons (Fsp3) is 0.200. The average Bonchev–Trinajstić information content (AvgIpc) is 2.40. The van der Waals surface area contributed by atoms with E-state index in [2.05, 4.69) is 0 Å². The summed E-state index contributed by atoms with van der Waals surface area (Å²) in [4.78, 5) is 0. The molecule has 0 saturated carbocycles. The quantitative estimate of drug-likeness (QED) is 0.872. The van der Waals surface area contributed by atoms with Gasteiger partial charge in [-0.05, 0) is 36.2 Å². The fourth-order valence-corrected chi connectivity index (χ4v) is 1.85. The lowest BCUT2D eigenvalue weighted by atomic mass is 10.0. The van der Waals surface area contributed by atoms with Gasteiger partial charge in [0.15, 0.2) is 0 Å². The Kier molecular flexibility index (Phi) is 3.42. The van der Waals surface area contributed by atoms with E-state index in [1.165, 1.54) is 0 Å². The van der Waals surface area contributed by atoms with Crippen LogP contribution in [0, 0.1) is 6.92 Å². The van der Waals surface area contributed by atoms with E-state index in [4.69, 9.17) is 4.74 Å². The van der Waals surface area contributed by atoms with Gasteiger partial charge in [-0.25, -0.2) is 0 Å². The Labute approximate surface area is 106 Å². The molecule has 3 nitrogen and oxygen atoms in total. The van der Waals surface area contributed by atoms with Crippen molar-refractivity contribution >= 4 is 0 Å². The smallest absolute Gasteiger partial charge is 0.125 e. The fourth-order valence-electron chi connectivity index (χ4n) is 1.85. The van der Waals surface area contributed by atoms with Crippen molar-refractivity contribution in [2.24, 2.45) is 0 Å². The number of hydrogen-bond acceptors (Lipinski definition) is 3. The second-order valence-electron chi connectivity index (χ2n) is 4.24. The number of phenols is 2. The number of aromatic hydroxyl groups is 2. The lowest BCUT2D eigenvalue weighted by Crippen LogP contribution is -1.91. The molecule has 2 N–H and O–H groups in total. The van der Waals surface area contributed by atoms with Gasteiger partial charge < -0.3 is 14.9 Å². The third-order valence-corrected chi connectivity index (χ3v) is 3.04. The molecule has 2 rings (SSSR count). The zero-order valence-corrected chi connectivity index (χ0v) is 10.5. The summed E-state index contributed by atoms with van der Waals surface area (Å²) in [6, 6.07) is 11.0. The Balaban J connectivity index is 2.25. The largest absolute Gasteiger partial charge is 0.508 e. The number of hydrogen-bond donors (Lipinski definition) is 2. The van der Waals surface area contributed by atoms with Crippen LogP contribution in [0.15, 0.2) is 36.4 Å². The van der Waals surface area contributed by atoms with E-state index < -0.39 is 0 Å². The van der Waals surface area contributed by atoms with E-state index in [9.17, 15) is 10.2 Å². The molecule has 0 aliphatic heterocycles. The molecular weight excluding hydrogens is 228 g/mol. The van der Waals surface area contributed by atoms with Gasteiger partial charge in [-0.2, -0.15) is 0 Å². The number of rotatable bonds is 3. The molecule has 2 aromatic rings. The van der Waals surface area contributed by atoms with Crippen LogP contribution >= 0.6 is 0 Å². The Morgan fingerprint density at radius 2 is 1.67 bits per heavy atom. The predicted octanol–water partition coefficient (Wildman–Crippen LogP) is 3.01. The Morgan fingerprint density at radius 3 is 2.28 bits per heavy atom. The first-order chi connectivity index (χ1) is 8.61. The second kappa shape index (κ2) is 5.00. The molecule has 0 unspecified atom stereocenters. The van der Waals surface area contributed by atoms with Gasteiger partial charge in [0.1, 0.15) is 17.2 Å². The molecule has 0 heterocycles. The van der Waals surface area contributed by atoms with Crippen molar-refractivity contribution in [3.63, 3.8) is 0 Å². The summed E-state index contributed by atoms with van der Waals surface area (Å²) in [5.41, 5.74) is 2.40. The Hall–Kier alpha value is -2.16. The van der Waals surface area contributed by atoms with Gasteiger partial charge in [0.25, 0.3) is 0 Å². The maximum atomic E-state index is 9.96. The molecule has 2 aromatic carbocycles. The van der Waals surface area contributed by atoms with E-state index in [1.807, 2.05) is 24.3 Å². The molecule has 0 aromatic heterocycles. The highest BCUT2D eigenvalue weighted by Gasteiger charge is 2.08. The number of ether oxygens (including phenoxy) is 1. The molecule has 18 heavy (non-hydrogen) atoms. The van der Waals surface area contributed by atoms with Crippen LogP contribution in [0.3, 0.4) is 0 Å². The van der Waals surface area contributed by atoms with Crippen LogP contribution in [0.1, 0.15) is 16.7 Å². The van der Waals surface area contributed by atoms with Crippen LogP contribution < -0.4 is 4.74 Å². The van der Waals surface area contributed by atoms with Crippen molar-refractivity contribution in [3.05, 3.63) is 53.1 Å². The van der Waals surface area contributed by atoms with Crippen molar-refractivity contribution in [1.82, 2.24) is 0 Å². The summed E-state index contributed by atoms with van der Waals surface area (Å²) in [6.45, 7) is 1.70. The van der Waals surface area contributed by atoms with Crippen LogP contribution in [0.25, 0.3) is 0 Å². The van der Waals surface area contributed by atoms with Crippen molar-refractivity contribution in [2.45, 2.75) is 13.3 Å². The topological polar surface area (TPSA) is 49.7 Å². The van der Waals surface area contributed by atoms with E-state index in [-0.39, 0.29) is 11.5 Å². The van der Waals surface area contributed by atoms with Gasteiger partial charge in [0.2, 0.25) is 0 Å². The maximum absolute atomic E-state index is 9.96. The SMILES string of the molecule is COc1ccc(Cc2ccc(O)c(C)c2O)cc1. The summed E-state index contributed by atoms with van der Waals surface area (Å²) < 4.78 is 5.10. The normalized spacial score (nSPS) is 10.3. The van der Waals surface area contributed by atoms with Crippen molar-refractivity contribution in [3.8, 4) is 17.2 Å². The Morgan fingerprint density at radius 1 is 1.00 bits per heavy atom. The lowest BCUT2D eigenvalue weighted by molar-refractivity contribution is 0.414. The minimum absolute atomic E-state index is 0.117. The summed E-state index contributed by atoms with van der Waals surface area (Å²) in [5.74, 6) is 1.08. The van der Waals surface area contributed by atoms with Crippen LogP contribution in [0.2, 0.25) is 0 Å². The molecule has 0 atom stereocenters. The third kappa shape index (κ3) is 2.40. The third-order valence-electron chi connectivity index (χ3n) is 3.04. The van der Waals surface area contributed by atoms with Gasteiger partial charge in [0.05, 0.1) is 7.11 Å². The molecule has 3 heteroatoms. The van der Waals surface area contributed by atoms with Gasteiger partial charge in [0, 0.05) is 12.0 Å². The molecular formula is C15H16O3. The minimum atomic E-state index is 0.117. The second-order valence-corrected chi connectivity index (χ2v) is 4.24. The Bertz CT molecular complexity index is 544. The van der Waals surface area contributed by atoms with Gasteiger partial charge >= 0.3 is 0 Å². The van der Waals surface area contributed by atoms with E-state index >= 15 is 0 Å². The van der Waals surface area contributed by atoms with Crippen LogP contribution in [0.5, 0.6) is 17.2 Å². The highest BCUT2D eigenvalue weighted by molar-refractivity contribution is 5.49. The zero-order chi connectivity index (χ0) is 13.1. The highest BCUT2D eigenvalue weighted by Crippen LogP contribution is 2.31. The van der Waals surface area contributed by atoms with Gasteiger partial charge in [-0.3, -0.25) is 0 Å². The summed E-state index contributed by atoms with van der Waals surface area (Å²) >= 11 is 0. The summed E-state index contributed by atoms with van der Waals surface area (Å²) in [6.07, 6.45) is 0.622. The predicted molar refractivity (Wildman–Crippen MR) is 70.3 cm³/mol. The summed E-state index contributed by atoms with van der Waals surface area (Å²) in [7, 11) is 1.63. The van der Waals surface area contributed by atoms with Crippen LogP contribution in [-0.2, 0) is 6.42 Å². The molecule has 94 valence electrons. The standard InChI is InChI=1S/C15H16O3/c1-10-14(16)8-5-12(15(10)17)9-11-3-6-13(18-2)7-4-11/h3-8,16-17H,9H2,1-2H3. The number of benzene rings is 2. The maximum Gasteiger partial charge on any atom is 0.125 e. The first kappa shape index (κ1) is 12.3. The summed E-state index contributed by atoms with van der Waals surface area (Å²) in [5, 5.41) is 19.4. The van der Waals surface area contributed by atoms with Crippen molar-refractivity contribution < 1.29 is 14.9 Å². The first-order valence-electron chi connectivity index (χ1n) is 5.75. The number of phenolic OH excluding ortho intramolecular Hbond substituents is 2. The molecule has 0 aliphatic carbocycles. The molecule has 0 radical (unpaired) electrons. The minimum Gasteiger partial charge on any atom is -0.508 e. The van der Waals surface area contributed by atoms with Crippen molar-refractivity contribution in [1.29, 1.82) is 0 Å². The number of methoxy groups -OCH3 is 1. The van der Waals surface area contributed by atoms with Crippen LogP contribution in [0.4, 0.5) is 0 Å². The molecule has 0 amide bonds. The van der Waals surface area contributed by atoms with Gasteiger partial charge in [-0.15, -0.1) is 0 Å². The van der Waals surface area contributed by atoms with Gasteiger partial charge in [-0.1, -0.05) is 18.2 Å². The molecule has 0 aliphatic rings. The van der Waals surface area contributed by atoms with Crippen LogP contribution in [-0.4, -0.2) is 17.3 Å². The average molecular weight is 244 g/mol.